The van der Waals surface area contributed by atoms with Crippen LogP contribution in [0.3, 0.4) is 0 Å². The number of nitrogens with one attached hydrogen (secondary N) is 2. The van der Waals surface area contributed by atoms with Gasteiger partial charge in [-0.2, -0.15) is 5.10 Å². The predicted octanol–water partition coefficient (Wildman–Crippen LogP) is 3.75. The van der Waals surface area contributed by atoms with Gasteiger partial charge in [-0.05, 0) is 32.9 Å². The van der Waals surface area contributed by atoms with E-state index in [2.05, 4.69) is 37.7 Å². The second kappa shape index (κ2) is 8.90. The van der Waals surface area contributed by atoms with Crippen molar-refractivity contribution in [2.75, 3.05) is 18.5 Å². The standard InChI is InChI=1S/C26H29N7O2/c1-15-7-22(24(12-27-15)35-20-9-18-13-34-14-19(10-20)30-18)21-5-4-6-33-23(21)11-26(32-33)31-25-8-16(2)28-17(3)29-25/h4-8,11-12,18-20,30H,9-10,13-14H2,1-3H3,(H,28,29,31,32). The third-order valence-corrected chi connectivity index (χ3v) is 6.52. The van der Waals surface area contributed by atoms with E-state index < -0.39 is 0 Å². The summed E-state index contributed by atoms with van der Waals surface area (Å²) in [5, 5.41) is 11.7. The first-order valence-corrected chi connectivity index (χ1v) is 12.1. The molecule has 2 unspecified atom stereocenters. The molecule has 6 heterocycles. The van der Waals surface area contributed by atoms with E-state index in [1.807, 2.05) is 55.9 Å². The van der Waals surface area contributed by atoms with Gasteiger partial charge in [-0.1, -0.05) is 6.07 Å². The second-order valence-electron chi connectivity index (χ2n) is 9.48. The van der Waals surface area contributed by atoms with Crippen LogP contribution in [0.5, 0.6) is 5.75 Å². The fraction of sp³-hybridized carbons (Fsp3) is 0.385. The zero-order chi connectivity index (χ0) is 23.9. The Kier molecular flexibility index (Phi) is 5.58. The van der Waals surface area contributed by atoms with Gasteiger partial charge >= 0.3 is 0 Å². The van der Waals surface area contributed by atoms with Crippen LogP contribution in [0.15, 0.2) is 42.7 Å². The molecule has 0 amide bonds. The Balaban J connectivity index is 1.34. The van der Waals surface area contributed by atoms with Crippen molar-refractivity contribution in [3.05, 3.63) is 59.9 Å². The minimum absolute atomic E-state index is 0.129. The van der Waals surface area contributed by atoms with E-state index in [1.54, 1.807) is 0 Å². The third kappa shape index (κ3) is 4.56. The lowest BCUT2D eigenvalue weighted by molar-refractivity contribution is -0.0122. The van der Waals surface area contributed by atoms with Crippen LogP contribution >= 0.6 is 0 Å². The average molecular weight is 472 g/mol. The van der Waals surface area contributed by atoms with Crippen molar-refractivity contribution in [3.8, 4) is 16.9 Å². The molecule has 9 heteroatoms. The van der Waals surface area contributed by atoms with Crippen molar-refractivity contribution >= 4 is 17.2 Å². The monoisotopic (exact) mass is 471 g/mol. The Morgan fingerprint density at radius 2 is 1.83 bits per heavy atom. The average Bonchev–Trinajstić information content (AvgIpc) is 3.22. The zero-order valence-corrected chi connectivity index (χ0v) is 20.2. The Morgan fingerprint density at radius 1 is 1.00 bits per heavy atom. The molecule has 0 spiro atoms. The van der Waals surface area contributed by atoms with Gasteiger partial charge in [-0.25, -0.2) is 14.5 Å². The van der Waals surface area contributed by atoms with E-state index in [4.69, 9.17) is 14.6 Å². The molecule has 9 nitrogen and oxygen atoms in total. The maximum atomic E-state index is 6.59. The number of aryl methyl sites for hydroxylation is 3. The fourth-order valence-electron chi connectivity index (χ4n) is 5.13. The minimum atomic E-state index is 0.129. The number of piperidine rings is 1. The van der Waals surface area contributed by atoms with E-state index >= 15 is 0 Å². The normalized spacial score (nSPS) is 21.7. The lowest BCUT2D eigenvalue weighted by Gasteiger charge is -2.40. The summed E-state index contributed by atoms with van der Waals surface area (Å²) in [5.41, 5.74) is 4.88. The first-order valence-electron chi connectivity index (χ1n) is 12.1. The molecule has 180 valence electrons. The van der Waals surface area contributed by atoms with Crippen molar-refractivity contribution in [2.45, 2.75) is 51.8 Å². The van der Waals surface area contributed by atoms with Crippen LogP contribution in [0, 0.1) is 20.8 Å². The van der Waals surface area contributed by atoms with Crippen molar-refractivity contribution in [3.63, 3.8) is 0 Å². The molecule has 2 aliphatic heterocycles. The Bertz CT molecular complexity index is 1350. The molecule has 6 rings (SSSR count). The molecule has 0 radical (unpaired) electrons. The summed E-state index contributed by atoms with van der Waals surface area (Å²) in [4.78, 5) is 13.4. The summed E-state index contributed by atoms with van der Waals surface area (Å²) in [6.45, 7) is 7.33. The van der Waals surface area contributed by atoms with Crippen LogP contribution in [0.2, 0.25) is 0 Å². The van der Waals surface area contributed by atoms with Crippen LogP contribution in [0.1, 0.15) is 30.1 Å². The van der Waals surface area contributed by atoms with E-state index in [-0.39, 0.29) is 6.10 Å². The lowest BCUT2D eigenvalue weighted by atomic mass is 9.94. The van der Waals surface area contributed by atoms with Crippen LogP contribution in [0.4, 0.5) is 11.6 Å². The van der Waals surface area contributed by atoms with Crippen molar-refractivity contribution in [1.29, 1.82) is 0 Å². The van der Waals surface area contributed by atoms with Gasteiger partial charge in [-0.15, -0.1) is 0 Å². The molecule has 4 aromatic heterocycles. The highest BCUT2D eigenvalue weighted by Crippen LogP contribution is 2.36. The number of hydrogen-bond donors (Lipinski definition) is 2. The maximum absolute atomic E-state index is 6.59. The van der Waals surface area contributed by atoms with Gasteiger partial charge in [0.15, 0.2) is 5.82 Å². The van der Waals surface area contributed by atoms with E-state index in [9.17, 15) is 0 Å². The molecule has 4 aromatic rings. The summed E-state index contributed by atoms with van der Waals surface area (Å²) in [6, 6.07) is 10.8. The molecular formula is C26H29N7O2. The number of hydrogen-bond acceptors (Lipinski definition) is 8. The number of aromatic nitrogens is 5. The SMILES string of the molecule is Cc1cc(-c2cccn3nc(Nc4cc(C)nc(C)n4)cc23)c(OC2CC3COCC(C2)N3)cn1. The fourth-order valence-corrected chi connectivity index (χ4v) is 5.13. The van der Waals surface area contributed by atoms with E-state index in [0.29, 0.717) is 12.1 Å². The summed E-state index contributed by atoms with van der Waals surface area (Å²) in [5.74, 6) is 2.96. The molecule has 0 aliphatic carbocycles. The molecule has 2 atom stereocenters. The van der Waals surface area contributed by atoms with Crippen LogP contribution in [0.25, 0.3) is 16.6 Å². The third-order valence-electron chi connectivity index (χ3n) is 6.52. The summed E-state index contributed by atoms with van der Waals surface area (Å²) in [7, 11) is 0. The van der Waals surface area contributed by atoms with Gasteiger partial charge in [0.25, 0.3) is 0 Å². The highest BCUT2D eigenvalue weighted by molar-refractivity contribution is 5.85. The van der Waals surface area contributed by atoms with Crippen LogP contribution < -0.4 is 15.4 Å². The number of rotatable bonds is 5. The molecule has 0 saturated carbocycles. The summed E-state index contributed by atoms with van der Waals surface area (Å²) in [6.07, 6.45) is 5.77. The quantitative estimate of drug-likeness (QED) is 0.454. The largest absolute Gasteiger partial charge is 0.488 e. The number of nitrogens with zero attached hydrogens (tertiary/aromatic N) is 5. The van der Waals surface area contributed by atoms with Gasteiger partial charge in [0, 0.05) is 65.8 Å². The highest BCUT2D eigenvalue weighted by atomic mass is 16.5. The number of anilines is 2. The van der Waals surface area contributed by atoms with Crippen molar-refractivity contribution in [2.24, 2.45) is 0 Å². The summed E-state index contributed by atoms with van der Waals surface area (Å²) < 4.78 is 14.2. The zero-order valence-electron chi connectivity index (χ0n) is 20.2. The van der Waals surface area contributed by atoms with Gasteiger partial charge < -0.3 is 20.1 Å². The van der Waals surface area contributed by atoms with Gasteiger partial charge in [0.05, 0.1) is 24.9 Å². The minimum Gasteiger partial charge on any atom is -0.488 e. The van der Waals surface area contributed by atoms with Crippen molar-refractivity contribution < 1.29 is 9.47 Å². The Morgan fingerprint density at radius 3 is 2.63 bits per heavy atom. The molecule has 0 aromatic carbocycles. The van der Waals surface area contributed by atoms with Crippen LogP contribution in [-0.4, -0.2) is 56.0 Å². The van der Waals surface area contributed by atoms with E-state index in [0.717, 1.165) is 77.3 Å². The number of pyridine rings is 2. The van der Waals surface area contributed by atoms with Gasteiger partial charge in [0.1, 0.15) is 23.5 Å². The van der Waals surface area contributed by atoms with Crippen molar-refractivity contribution in [1.82, 2.24) is 29.9 Å². The van der Waals surface area contributed by atoms with Gasteiger partial charge in [0.2, 0.25) is 0 Å². The molecular weight excluding hydrogens is 442 g/mol. The highest BCUT2D eigenvalue weighted by Gasteiger charge is 2.33. The maximum Gasteiger partial charge on any atom is 0.154 e. The molecule has 2 N–H and O–H groups in total. The predicted molar refractivity (Wildman–Crippen MR) is 133 cm³/mol. The first-order chi connectivity index (χ1) is 17.0. The number of fused-ring (bicyclic) bond motifs is 3. The lowest BCUT2D eigenvalue weighted by Crippen LogP contribution is -2.56. The molecule has 2 aliphatic rings. The Labute approximate surface area is 203 Å². The van der Waals surface area contributed by atoms with E-state index in [1.165, 1.54) is 0 Å². The molecule has 2 bridgehead atoms. The topological polar surface area (TPSA) is 98.5 Å². The Hall–Kier alpha value is -3.56. The molecule has 2 fully saturated rings. The first kappa shape index (κ1) is 21.9. The van der Waals surface area contributed by atoms with Gasteiger partial charge in [-0.3, -0.25) is 4.98 Å². The molecule has 35 heavy (non-hydrogen) atoms. The molecule has 2 saturated heterocycles. The second-order valence-corrected chi connectivity index (χ2v) is 9.48. The number of morpholine rings is 1. The summed E-state index contributed by atoms with van der Waals surface area (Å²) >= 11 is 0. The smallest absolute Gasteiger partial charge is 0.154 e. The number of ether oxygens (including phenoxy) is 2. The van der Waals surface area contributed by atoms with Crippen LogP contribution in [-0.2, 0) is 4.74 Å².